The van der Waals surface area contributed by atoms with E-state index in [2.05, 4.69) is 10.3 Å². The second-order valence-electron chi connectivity index (χ2n) is 4.75. The Morgan fingerprint density at radius 3 is 2.81 bits per heavy atom. The molecule has 2 rings (SSSR count). The number of carbonyl (C=O) groups is 1. The zero-order valence-electron chi connectivity index (χ0n) is 12.1. The first-order valence-corrected chi connectivity index (χ1v) is 7.62. The Bertz CT molecular complexity index is 653. The van der Waals surface area contributed by atoms with E-state index in [1.807, 2.05) is 19.2 Å². The van der Waals surface area contributed by atoms with E-state index < -0.39 is 0 Å². The quantitative estimate of drug-likeness (QED) is 0.843. The lowest BCUT2D eigenvalue weighted by atomic mass is 10.1. The predicted molar refractivity (Wildman–Crippen MR) is 86.5 cm³/mol. The molecule has 1 heterocycles. The normalized spacial score (nSPS) is 10.9. The van der Waals surface area contributed by atoms with Crippen LogP contribution >= 0.6 is 23.2 Å². The summed E-state index contributed by atoms with van der Waals surface area (Å²) < 4.78 is 5.24. The molecule has 0 saturated heterocycles. The number of aromatic amines is 1. The first kappa shape index (κ1) is 16.0. The lowest BCUT2D eigenvalue weighted by Crippen LogP contribution is -2.22. The predicted octanol–water partition coefficient (Wildman–Crippen LogP) is 3.94. The molecule has 0 radical (unpaired) electrons. The van der Waals surface area contributed by atoms with Crippen molar-refractivity contribution >= 4 is 40.0 Å². The molecule has 1 amide bonds. The van der Waals surface area contributed by atoms with Crippen molar-refractivity contribution in [3.8, 4) is 5.75 Å². The Morgan fingerprint density at radius 1 is 1.38 bits per heavy atom. The molecule has 0 aliphatic rings. The summed E-state index contributed by atoms with van der Waals surface area (Å²) in [6, 6.07) is 1.88. The van der Waals surface area contributed by atoms with Crippen LogP contribution in [0.4, 0.5) is 0 Å². The Labute approximate surface area is 133 Å². The van der Waals surface area contributed by atoms with Crippen molar-refractivity contribution in [1.82, 2.24) is 10.3 Å². The Hall–Kier alpha value is -1.39. The van der Waals surface area contributed by atoms with Crippen molar-refractivity contribution in [1.29, 1.82) is 0 Å². The van der Waals surface area contributed by atoms with Gasteiger partial charge in [0.2, 0.25) is 5.91 Å². The number of ether oxygens (including phenoxy) is 1. The standard InChI is InChI=1S/C15H18Cl2N2O2/c1-3-18-12(20)6-4-5-9-8-19-15-10(9)7-11(21-2)13(16)14(15)17/h7-8,19H,3-6H2,1-2H3,(H,18,20). The summed E-state index contributed by atoms with van der Waals surface area (Å²) in [5.41, 5.74) is 1.90. The van der Waals surface area contributed by atoms with Crippen LogP contribution in [0, 0.1) is 0 Å². The van der Waals surface area contributed by atoms with Crippen molar-refractivity contribution in [3.63, 3.8) is 0 Å². The zero-order chi connectivity index (χ0) is 15.4. The number of nitrogens with one attached hydrogen (secondary N) is 2. The van der Waals surface area contributed by atoms with Crippen LogP contribution in [-0.2, 0) is 11.2 Å². The van der Waals surface area contributed by atoms with Crippen LogP contribution in [0.3, 0.4) is 0 Å². The van der Waals surface area contributed by atoms with Gasteiger partial charge in [-0.3, -0.25) is 4.79 Å². The Kier molecular flexibility index (Phi) is 5.37. The molecular formula is C15H18Cl2N2O2. The fraction of sp³-hybridized carbons (Fsp3) is 0.400. The maximum absolute atomic E-state index is 11.5. The molecule has 2 aromatic rings. The number of aryl methyl sites for hydroxylation is 1. The summed E-state index contributed by atoms with van der Waals surface area (Å²) in [5, 5.41) is 4.64. The average Bonchev–Trinajstić information content (AvgIpc) is 2.86. The van der Waals surface area contributed by atoms with Gasteiger partial charge in [0.1, 0.15) is 10.8 Å². The molecule has 21 heavy (non-hydrogen) atoms. The Balaban J connectivity index is 2.18. The molecule has 0 fully saturated rings. The third-order valence-corrected chi connectivity index (χ3v) is 4.20. The highest BCUT2D eigenvalue weighted by Gasteiger charge is 2.14. The molecule has 4 nitrogen and oxygen atoms in total. The first-order chi connectivity index (χ1) is 10.1. The number of H-pyrrole nitrogens is 1. The lowest BCUT2D eigenvalue weighted by Gasteiger charge is -2.07. The molecule has 0 aliphatic heterocycles. The maximum atomic E-state index is 11.5. The molecule has 2 N–H and O–H groups in total. The topological polar surface area (TPSA) is 54.1 Å². The fourth-order valence-electron chi connectivity index (χ4n) is 2.31. The molecule has 0 aliphatic carbocycles. The van der Waals surface area contributed by atoms with E-state index in [0.29, 0.717) is 28.8 Å². The monoisotopic (exact) mass is 328 g/mol. The van der Waals surface area contributed by atoms with Crippen LogP contribution in [0.5, 0.6) is 5.75 Å². The smallest absolute Gasteiger partial charge is 0.219 e. The highest BCUT2D eigenvalue weighted by molar-refractivity contribution is 6.46. The summed E-state index contributed by atoms with van der Waals surface area (Å²) >= 11 is 12.4. The van der Waals surface area contributed by atoms with Gasteiger partial charge >= 0.3 is 0 Å². The zero-order valence-corrected chi connectivity index (χ0v) is 13.6. The summed E-state index contributed by atoms with van der Waals surface area (Å²) in [5.74, 6) is 0.634. The molecule has 0 atom stereocenters. The Morgan fingerprint density at radius 2 is 2.14 bits per heavy atom. The van der Waals surface area contributed by atoms with Crippen LogP contribution in [0.1, 0.15) is 25.3 Å². The van der Waals surface area contributed by atoms with Gasteiger partial charge in [0.05, 0.1) is 17.6 Å². The SMILES string of the molecule is CCNC(=O)CCCc1c[nH]c2c(Cl)c(Cl)c(OC)cc12. The van der Waals surface area contributed by atoms with Gasteiger partial charge in [0.15, 0.2) is 0 Å². The van der Waals surface area contributed by atoms with E-state index in [0.717, 1.165) is 29.3 Å². The maximum Gasteiger partial charge on any atom is 0.219 e. The number of hydrogen-bond donors (Lipinski definition) is 2. The summed E-state index contributed by atoms with van der Waals surface area (Å²) in [6.07, 6.45) is 3.99. The third-order valence-electron chi connectivity index (χ3n) is 3.35. The van der Waals surface area contributed by atoms with Gasteiger partial charge in [-0.25, -0.2) is 0 Å². The van der Waals surface area contributed by atoms with Crippen molar-refractivity contribution in [2.45, 2.75) is 26.2 Å². The number of fused-ring (bicyclic) bond motifs is 1. The van der Waals surface area contributed by atoms with Crippen molar-refractivity contribution < 1.29 is 9.53 Å². The molecule has 1 aromatic carbocycles. The second-order valence-corrected chi connectivity index (χ2v) is 5.51. The van der Waals surface area contributed by atoms with E-state index in [1.54, 1.807) is 7.11 Å². The number of halogens is 2. The highest BCUT2D eigenvalue weighted by atomic mass is 35.5. The van der Waals surface area contributed by atoms with Gasteiger partial charge in [-0.1, -0.05) is 23.2 Å². The minimum Gasteiger partial charge on any atom is -0.495 e. The van der Waals surface area contributed by atoms with Crippen molar-refractivity contribution in [2.24, 2.45) is 0 Å². The second kappa shape index (κ2) is 7.05. The number of aromatic nitrogens is 1. The van der Waals surface area contributed by atoms with Gasteiger partial charge in [0.25, 0.3) is 0 Å². The number of amides is 1. The fourth-order valence-corrected chi connectivity index (χ4v) is 2.79. The highest BCUT2D eigenvalue weighted by Crippen LogP contribution is 2.39. The van der Waals surface area contributed by atoms with Crippen molar-refractivity contribution in [2.75, 3.05) is 13.7 Å². The number of rotatable bonds is 6. The minimum atomic E-state index is 0.0796. The lowest BCUT2D eigenvalue weighted by molar-refractivity contribution is -0.121. The molecule has 0 spiro atoms. The number of methoxy groups -OCH3 is 1. The van der Waals surface area contributed by atoms with Crippen molar-refractivity contribution in [3.05, 3.63) is 27.9 Å². The summed E-state index contributed by atoms with van der Waals surface area (Å²) in [6.45, 7) is 2.58. The van der Waals surface area contributed by atoms with Gasteiger partial charge in [-0.15, -0.1) is 0 Å². The van der Waals surface area contributed by atoms with Gasteiger partial charge in [-0.2, -0.15) is 0 Å². The number of benzene rings is 1. The molecular weight excluding hydrogens is 311 g/mol. The van der Waals surface area contributed by atoms with Crippen LogP contribution in [0.25, 0.3) is 10.9 Å². The summed E-state index contributed by atoms with van der Waals surface area (Å²) in [7, 11) is 1.56. The largest absolute Gasteiger partial charge is 0.495 e. The van der Waals surface area contributed by atoms with Crippen LogP contribution < -0.4 is 10.1 Å². The minimum absolute atomic E-state index is 0.0796. The van der Waals surface area contributed by atoms with E-state index in [9.17, 15) is 4.79 Å². The molecule has 114 valence electrons. The van der Waals surface area contributed by atoms with E-state index in [-0.39, 0.29) is 5.91 Å². The third kappa shape index (κ3) is 3.44. The number of carbonyl (C=O) groups excluding carboxylic acids is 1. The van der Waals surface area contributed by atoms with E-state index in [4.69, 9.17) is 27.9 Å². The molecule has 0 saturated carbocycles. The van der Waals surface area contributed by atoms with E-state index in [1.165, 1.54) is 0 Å². The summed E-state index contributed by atoms with van der Waals surface area (Å²) in [4.78, 5) is 14.6. The molecule has 0 unspecified atom stereocenters. The number of hydrogen-bond acceptors (Lipinski definition) is 2. The van der Waals surface area contributed by atoms with E-state index >= 15 is 0 Å². The molecule has 6 heteroatoms. The van der Waals surface area contributed by atoms with Crippen LogP contribution in [0.15, 0.2) is 12.3 Å². The average molecular weight is 329 g/mol. The van der Waals surface area contributed by atoms with Crippen LogP contribution in [0.2, 0.25) is 10.0 Å². The van der Waals surface area contributed by atoms with Crippen LogP contribution in [-0.4, -0.2) is 24.5 Å². The van der Waals surface area contributed by atoms with Gasteiger partial charge in [-0.05, 0) is 31.4 Å². The molecule has 1 aromatic heterocycles. The van der Waals surface area contributed by atoms with Gasteiger partial charge < -0.3 is 15.0 Å². The first-order valence-electron chi connectivity index (χ1n) is 6.87. The molecule has 0 bridgehead atoms. The van der Waals surface area contributed by atoms with Gasteiger partial charge in [0, 0.05) is 24.5 Å².